The summed E-state index contributed by atoms with van der Waals surface area (Å²) in [6.07, 6.45) is 17.9. The minimum absolute atomic E-state index is 0.336. The number of esters is 1. The summed E-state index contributed by atoms with van der Waals surface area (Å²) < 4.78 is 10.6. The molecule has 5 nitrogen and oxygen atoms in total. The number of aromatic nitrogens is 2. The van der Waals surface area contributed by atoms with Crippen molar-refractivity contribution in [2.24, 2.45) is 0 Å². The predicted molar refractivity (Wildman–Crippen MR) is 155 cm³/mol. The van der Waals surface area contributed by atoms with Crippen LogP contribution >= 0.6 is 0 Å². The molecule has 0 amide bonds. The summed E-state index contributed by atoms with van der Waals surface area (Å²) in [6.45, 7) is 6.07. The second kappa shape index (κ2) is 16.6. The van der Waals surface area contributed by atoms with Gasteiger partial charge in [0.1, 0.15) is 5.75 Å². The second-order valence-corrected chi connectivity index (χ2v) is 9.96. The molecule has 1 heterocycles. The van der Waals surface area contributed by atoms with E-state index in [4.69, 9.17) is 9.47 Å². The summed E-state index contributed by atoms with van der Waals surface area (Å²) in [5.74, 6) is 0.877. The predicted octanol–water partition coefficient (Wildman–Crippen LogP) is 8.60. The lowest BCUT2D eigenvalue weighted by Gasteiger charge is -2.13. The molecule has 0 aliphatic rings. The molecular weight excluding hydrogens is 472 g/mol. The molecule has 0 bridgehead atoms. The van der Waals surface area contributed by atoms with Gasteiger partial charge in [-0.1, -0.05) is 89.0 Å². The van der Waals surface area contributed by atoms with Crippen molar-refractivity contribution >= 4 is 5.97 Å². The fraction of sp³-hybridized carbons (Fsp3) is 0.485. The van der Waals surface area contributed by atoms with E-state index in [2.05, 4.69) is 41.2 Å². The molecule has 0 fully saturated rings. The lowest BCUT2D eigenvalue weighted by molar-refractivity contribution is -0.150. The van der Waals surface area contributed by atoms with Gasteiger partial charge in [-0.2, -0.15) is 0 Å². The number of unbranched alkanes of at least 4 members (excludes halogenated alkanes) is 9. The number of hydrogen-bond acceptors (Lipinski definition) is 5. The third-order valence-corrected chi connectivity index (χ3v) is 6.80. The topological polar surface area (TPSA) is 61.3 Å². The molecule has 0 N–H and O–H groups in total. The number of hydrogen-bond donors (Lipinski definition) is 0. The average molecular weight is 517 g/mol. The Bertz CT molecular complexity index is 1060. The molecule has 2 aromatic carbocycles. The summed E-state index contributed by atoms with van der Waals surface area (Å²) >= 11 is 0. The van der Waals surface area contributed by atoms with Gasteiger partial charge < -0.3 is 9.47 Å². The van der Waals surface area contributed by atoms with Gasteiger partial charge in [-0.05, 0) is 62.1 Å². The van der Waals surface area contributed by atoms with Crippen LogP contribution in [-0.2, 0) is 16.0 Å². The first kappa shape index (κ1) is 29.3. The number of rotatable bonds is 17. The van der Waals surface area contributed by atoms with Crippen molar-refractivity contribution in [1.29, 1.82) is 0 Å². The molecule has 1 aromatic heterocycles. The van der Waals surface area contributed by atoms with Crippen LogP contribution in [-0.4, -0.2) is 28.6 Å². The molecule has 0 radical (unpaired) electrons. The van der Waals surface area contributed by atoms with E-state index in [-0.39, 0.29) is 5.97 Å². The standard InChI is InChI=1S/C33H44N2O3/c1-4-6-7-8-9-10-11-12-13-14-15-27-16-18-28(19-17-27)30-24-34-32(35-25-30)29-20-22-31(23-21-29)38-26(3)33(36)37-5-2/h16-26H,4-15H2,1-3H3. The van der Waals surface area contributed by atoms with Crippen LogP contribution in [0.1, 0.15) is 90.5 Å². The van der Waals surface area contributed by atoms with Crippen LogP contribution in [0.3, 0.4) is 0 Å². The largest absolute Gasteiger partial charge is 0.479 e. The average Bonchev–Trinajstić information content (AvgIpc) is 2.95. The van der Waals surface area contributed by atoms with Gasteiger partial charge in [-0.3, -0.25) is 0 Å². The van der Waals surface area contributed by atoms with Gasteiger partial charge in [0.05, 0.1) is 6.61 Å². The highest BCUT2D eigenvalue weighted by Gasteiger charge is 2.15. The molecule has 1 unspecified atom stereocenters. The van der Waals surface area contributed by atoms with E-state index < -0.39 is 6.10 Å². The van der Waals surface area contributed by atoms with E-state index in [1.54, 1.807) is 13.8 Å². The Labute approximate surface area is 229 Å². The molecule has 1 atom stereocenters. The van der Waals surface area contributed by atoms with E-state index in [0.717, 1.165) is 23.1 Å². The lowest BCUT2D eigenvalue weighted by Crippen LogP contribution is -2.25. The first-order chi connectivity index (χ1) is 18.6. The van der Waals surface area contributed by atoms with Crippen molar-refractivity contribution in [3.63, 3.8) is 0 Å². The minimum Gasteiger partial charge on any atom is -0.479 e. The molecule has 0 saturated heterocycles. The van der Waals surface area contributed by atoms with Crippen molar-refractivity contribution in [2.75, 3.05) is 6.61 Å². The number of ether oxygens (including phenoxy) is 2. The molecule has 3 rings (SSSR count). The van der Waals surface area contributed by atoms with Gasteiger partial charge in [0, 0.05) is 23.5 Å². The summed E-state index contributed by atoms with van der Waals surface area (Å²) in [4.78, 5) is 20.9. The van der Waals surface area contributed by atoms with Crippen LogP contribution in [0.25, 0.3) is 22.5 Å². The fourth-order valence-corrected chi connectivity index (χ4v) is 4.50. The number of carbonyl (C=O) groups is 1. The third kappa shape index (κ3) is 9.92. The quantitative estimate of drug-likeness (QED) is 0.133. The van der Waals surface area contributed by atoms with Crippen molar-refractivity contribution in [2.45, 2.75) is 97.5 Å². The van der Waals surface area contributed by atoms with Gasteiger partial charge in [0.2, 0.25) is 0 Å². The molecule has 0 spiro atoms. The first-order valence-corrected chi connectivity index (χ1v) is 14.5. The van der Waals surface area contributed by atoms with E-state index in [9.17, 15) is 4.79 Å². The smallest absolute Gasteiger partial charge is 0.347 e. The number of benzene rings is 2. The zero-order chi connectivity index (χ0) is 27.0. The van der Waals surface area contributed by atoms with Crippen LogP contribution in [0.15, 0.2) is 60.9 Å². The van der Waals surface area contributed by atoms with Crippen molar-refractivity contribution in [3.05, 3.63) is 66.5 Å². The zero-order valence-corrected chi connectivity index (χ0v) is 23.5. The Kier molecular flexibility index (Phi) is 12.8. The minimum atomic E-state index is -0.655. The van der Waals surface area contributed by atoms with Gasteiger partial charge in [0.15, 0.2) is 11.9 Å². The van der Waals surface area contributed by atoms with E-state index >= 15 is 0 Å². The Hall–Kier alpha value is -3.21. The Morgan fingerprint density at radius 1 is 0.711 bits per heavy atom. The number of nitrogens with zero attached hydrogens (tertiary/aromatic N) is 2. The van der Waals surface area contributed by atoms with E-state index in [1.165, 1.54) is 69.8 Å². The monoisotopic (exact) mass is 516 g/mol. The molecule has 0 aliphatic heterocycles. The highest BCUT2D eigenvalue weighted by Crippen LogP contribution is 2.24. The first-order valence-electron chi connectivity index (χ1n) is 14.5. The highest BCUT2D eigenvalue weighted by molar-refractivity contribution is 5.74. The van der Waals surface area contributed by atoms with Gasteiger partial charge in [0.25, 0.3) is 0 Å². The van der Waals surface area contributed by atoms with Gasteiger partial charge in [-0.15, -0.1) is 0 Å². The van der Waals surface area contributed by atoms with E-state index in [1.807, 2.05) is 36.7 Å². The number of carbonyl (C=O) groups excluding carboxylic acids is 1. The Morgan fingerprint density at radius 3 is 1.84 bits per heavy atom. The molecule has 5 heteroatoms. The molecule has 38 heavy (non-hydrogen) atoms. The summed E-state index contributed by atoms with van der Waals surface area (Å²) in [5, 5.41) is 0. The van der Waals surface area contributed by atoms with Crippen LogP contribution in [0, 0.1) is 0 Å². The van der Waals surface area contributed by atoms with Crippen LogP contribution in [0.5, 0.6) is 5.75 Å². The van der Waals surface area contributed by atoms with Gasteiger partial charge in [-0.25, -0.2) is 14.8 Å². The Morgan fingerprint density at radius 2 is 1.26 bits per heavy atom. The summed E-state index contributed by atoms with van der Waals surface area (Å²) in [5.41, 5.74) is 4.41. The lowest BCUT2D eigenvalue weighted by atomic mass is 10.0. The summed E-state index contributed by atoms with van der Waals surface area (Å²) in [6, 6.07) is 16.2. The van der Waals surface area contributed by atoms with Crippen molar-refractivity contribution in [1.82, 2.24) is 9.97 Å². The van der Waals surface area contributed by atoms with Crippen LogP contribution in [0.4, 0.5) is 0 Å². The fourth-order valence-electron chi connectivity index (χ4n) is 4.50. The molecule has 0 saturated carbocycles. The normalized spacial score (nSPS) is 11.8. The zero-order valence-electron chi connectivity index (χ0n) is 23.5. The Balaban J connectivity index is 1.42. The SMILES string of the molecule is CCCCCCCCCCCCc1ccc(-c2cnc(-c3ccc(OC(C)C(=O)OCC)cc3)nc2)cc1. The highest BCUT2D eigenvalue weighted by atomic mass is 16.6. The maximum Gasteiger partial charge on any atom is 0.347 e. The molecule has 0 aliphatic carbocycles. The third-order valence-electron chi connectivity index (χ3n) is 6.80. The van der Waals surface area contributed by atoms with Crippen molar-refractivity contribution < 1.29 is 14.3 Å². The van der Waals surface area contributed by atoms with Crippen molar-refractivity contribution in [3.8, 4) is 28.3 Å². The second-order valence-electron chi connectivity index (χ2n) is 9.96. The van der Waals surface area contributed by atoms with Crippen LogP contribution in [0.2, 0.25) is 0 Å². The molecule has 204 valence electrons. The van der Waals surface area contributed by atoms with Gasteiger partial charge >= 0.3 is 5.97 Å². The maximum absolute atomic E-state index is 11.8. The summed E-state index contributed by atoms with van der Waals surface area (Å²) in [7, 11) is 0. The maximum atomic E-state index is 11.8. The molecule has 3 aromatic rings. The molecular formula is C33H44N2O3. The van der Waals surface area contributed by atoms with Crippen LogP contribution < -0.4 is 4.74 Å². The van der Waals surface area contributed by atoms with E-state index in [0.29, 0.717) is 18.2 Å². The number of aryl methyl sites for hydroxylation is 1.